The van der Waals surface area contributed by atoms with Crippen molar-refractivity contribution in [3.63, 3.8) is 0 Å². The number of hydrogen-bond donors (Lipinski definition) is 0. The third-order valence-electron chi connectivity index (χ3n) is 4.19. The summed E-state index contributed by atoms with van der Waals surface area (Å²) in [5.74, 6) is -0.209. The molecule has 0 radical (unpaired) electrons. The summed E-state index contributed by atoms with van der Waals surface area (Å²) in [7, 11) is 1.63. The average molecular weight is 426 g/mol. The van der Waals surface area contributed by atoms with Gasteiger partial charge in [-0.05, 0) is 36.8 Å². The first-order valence-electron chi connectivity index (χ1n) is 8.41. The van der Waals surface area contributed by atoms with Crippen molar-refractivity contribution < 1.29 is 4.79 Å². The molecule has 2 aromatic heterocycles. The van der Waals surface area contributed by atoms with Crippen molar-refractivity contribution in [3.8, 4) is 0 Å². The smallest absolute Gasteiger partial charge is 0.266 e. The molecule has 0 N–H and O–H groups in total. The second-order valence-electron chi connectivity index (χ2n) is 6.23. The zero-order chi connectivity index (χ0) is 19.8. The minimum Gasteiger partial charge on any atom is -0.296 e. The zero-order valence-corrected chi connectivity index (χ0v) is 17.5. The Balaban J connectivity index is 1.93. The Kier molecular flexibility index (Phi) is 5.09. The van der Waals surface area contributed by atoms with Crippen LogP contribution in [-0.4, -0.2) is 31.6 Å². The van der Waals surface area contributed by atoms with Gasteiger partial charge < -0.3 is 0 Å². The van der Waals surface area contributed by atoms with E-state index in [4.69, 9.17) is 17.2 Å². The third-order valence-corrected chi connectivity index (χ3v) is 6.69. The van der Waals surface area contributed by atoms with Crippen LogP contribution in [0.15, 0.2) is 68.3 Å². The number of aromatic nitrogens is 2. The largest absolute Gasteiger partial charge is 0.296 e. The van der Waals surface area contributed by atoms with Crippen LogP contribution in [0.1, 0.15) is 11.1 Å². The van der Waals surface area contributed by atoms with Crippen molar-refractivity contribution in [2.24, 2.45) is 0 Å². The van der Waals surface area contributed by atoms with Crippen LogP contribution in [0.25, 0.3) is 11.7 Å². The summed E-state index contributed by atoms with van der Waals surface area (Å²) in [4.78, 5) is 33.2. The molecule has 5 nitrogen and oxygen atoms in total. The van der Waals surface area contributed by atoms with Gasteiger partial charge in [-0.15, -0.1) is 0 Å². The standard InChI is InChI=1S/C20H15N3O2S3/c1-12-8-9-16-21-17(27-13-6-4-3-5-7-13)14(18(24)23(16)11-12)10-15-19(25)22(2)20(26)28-15/h3-11H,1-2H3. The zero-order valence-electron chi connectivity index (χ0n) is 15.1. The Labute approximate surface area is 175 Å². The van der Waals surface area contributed by atoms with E-state index in [0.717, 1.165) is 10.5 Å². The van der Waals surface area contributed by atoms with Crippen LogP contribution in [-0.2, 0) is 4.79 Å². The van der Waals surface area contributed by atoms with Gasteiger partial charge in [0.25, 0.3) is 11.5 Å². The van der Waals surface area contributed by atoms with Gasteiger partial charge >= 0.3 is 0 Å². The van der Waals surface area contributed by atoms with Gasteiger partial charge in [0.1, 0.15) is 15.0 Å². The highest BCUT2D eigenvalue weighted by Crippen LogP contribution is 2.34. The molecule has 0 unspecified atom stereocenters. The fourth-order valence-corrected chi connectivity index (χ4v) is 4.79. The van der Waals surface area contributed by atoms with Crippen molar-refractivity contribution >= 4 is 57.7 Å². The van der Waals surface area contributed by atoms with Crippen LogP contribution < -0.4 is 5.56 Å². The first-order chi connectivity index (χ1) is 13.4. The number of amides is 1. The SMILES string of the molecule is Cc1ccc2nc(Sc3ccccc3)c(C=C3SC(=S)N(C)C3=O)c(=O)n2c1. The van der Waals surface area contributed by atoms with Crippen molar-refractivity contribution in [2.75, 3.05) is 7.05 Å². The predicted octanol–water partition coefficient (Wildman–Crippen LogP) is 3.99. The summed E-state index contributed by atoms with van der Waals surface area (Å²) in [5, 5.41) is 0.557. The molecule has 0 spiro atoms. The molecule has 3 aromatic rings. The van der Waals surface area contributed by atoms with E-state index in [1.807, 2.05) is 49.4 Å². The molecule has 8 heteroatoms. The maximum atomic E-state index is 13.2. The lowest BCUT2D eigenvalue weighted by molar-refractivity contribution is -0.121. The molecule has 1 aliphatic rings. The van der Waals surface area contributed by atoms with Gasteiger partial charge in [-0.2, -0.15) is 0 Å². The van der Waals surface area contributed by atoms with E-state index in [1.165, 1.54) is 32.8 Å². The Hall–Kier alpha value is -2.42. The van der Waals surface area contributed by atoms with Gasteiger partial charge in [-0.25, -0.2) is 4.98 Å². The molecule has 1 aromatic carbocycles. The van der Waals surface area contributed by atoms with E-state index in [9.17, 15) is 9.59 Å². The maximum absolute atomic E-state index is 13.2. The molecule has 140 valence electrons. The van der Waals surface area contributed by atoms with Crippen molar-refractivity contribution in [3.05, 3.63) is 75.0 Å². The van der Waals surface area contributed by atoms with E-state index in [0.29, 0.717) is 25.5 Å². The molecular formula is C20H15N3O2S3. The summed E-state index contributed by atoms with van der Waals surface area (Å²) in [5.41, 5.74) is 1.68. The lowest BCUT2D eigenvalue weighted by Gasteiger charge is -2.09. The fraction of sp³-hybridized carbons (Fsp3) is 0.100. The Morgan fingerprint density at radius 1 is 1.14 bits per heavy atom. The molecule has 0 saturated carbocycles. The topological polar surface area (TPSA) is 54.7 Å². The number of thioether (sulfide) groups is 1. The summed E-state index contributed by atoms with van der Waals surface area (Å²) in [6.45, 7) is 1.92. The number of carbonyl (C=O) groups excluding carboxylic acids is 1. The predicted molar refractivity (Wildman–Crippen MR) is 118 cm³/mol. The van der Waals surface area contributed by atoms with Gasteiger partial charge in [0.05, 0.1) is 10.5 Å². The number of likely N-dealkylation sites (N-methyl/N-ethyl adjacent to an activating group) is 1. The molecule has 0 atom stereocenters. The summed E-state index contributed by atoms with van der Waals surface area (Å²) in [6.07, 6.45) is 3.36. The minimum absolute atomic E-state index is 0.209. The number of thiocarbonyl (C=S) groups is 1. The van der Waals surface area contributed by atoms with Gasteiger partial charge in [-0.3, -0.25) is 18.9 Å². The van der Waals surface area contributed by atoms with E-state index in [2.05, 4.69) is 0 Å². The van der Waals surface area contributed by atoms with E-state index in [1.54, 1.807) is 19.3 Å². The number of rotatable bonds is 3. The quantitative estimate of drug-likeness (QED) is 0.359. The normalized spacial score (nSPS) is 15.8. The monoisotopic (exact) mass is 425 g/mol. The summed E-state index contributed by atoms with van der Waals surface area (Å²) >= 11 is 7.79. The van der Waals surface area contributed by atoms with E-state index < -0.39 is 0 Å². The van der Waals surface area contributed by atoms with Gasteiger partial charge in [0.2, 0.25) is 0 Å². The minimum atomic E-state index is -0.214. The molecule has 28 heavy (non-hydrogen) atoms. The first kappa shape index (κ1) is 18.9. The summed E-state index contributed by atoms with van der Waals surface area (Å²) in [6, 6.07) is 13.4. The highest BCUT2D eigenvalue weighted by Gasteiger charge is 2.29. The van der Waals surface area contributed by atoms with Crippen LogP contribution >= 0.6 is 35.7 Å². The second kappa shape index (κ2) is 7.54. The van der Waals surface area contributed by atoms with Crippen LogP contribution in [0.3, 0.4) is 0 Å². The Bertz CT molecular complexity index is 1200. The maximum Gasteiger partial charge on any atom is 0.266 e. The molecule has 4 rings (SSSR count). The number of fused-ring (bicyclic) bond motifs is 1. The van der Waals surface area contributed by atoms with Crippen molar-refractivity contribution in [1.82, 2.24) is 14.3 Å². The lowest BCUT2D eigenvalue weighted by atomic mass is 10.2. The summed E-state index contributed by atoms with van der Waals surface area (Å²) < 4.78 is 1.99. The lowest BCUT2D eigenvalue weighted by Crippen LogP contribution is -2.23. The molecule has 3 heterocycles. The number of hydrogen-bond acceptors (Lipinski definition) is 6. The van der Waals surface area contributed by atoms with E-state index in [-0.39, 0.29) is 11.5 Å². The fourth-order valence-electron chi connectivity index (χ4n) is 2.72. The number of aryl methyl sites for hydroxylation is 1. The second-order valence-corrected chi connectivity index (χ2v) is 8.96. The molecule has 0 bridgehead atoms. The highest BCUT2D eigenvalue weighted by atomic mass is 32.2. The molecule has 1 fully saturated rings. The Morgan fingerprint density at radius 2 is 1.89 bits per heavy atom. The highest BCUT2D eigenvalue weighted by molar-refractivity contribution is 8.26. The van der Waals surface area contributed by atoms with Gasteiger partial charge in [0.15, 0.2) is 0 Å². The van der Waals surface area contributed by atoms with Crippen LogP contribution in [0.2, 0.25) is 0 Å². The number of pyridine rings is 1. The van der Waals surface area contributed by atoms with E-state index >= 15 is 0 Å². The molecule has 1 aliphatic heterocycles. The van der Waals surface area contributed by atoms with Gasteiger partial charge in [-0.1, -0.05) is 60.0 Å². The van der Waals surface area contributed by atoms with Crippen molar-refractivity contribution in [1.29, 1.82) is 0 Å². The number of nitrogens with zero attached hydrogens (tertiary/aromatic N) is 3. The molecule has 1 amide bonds. The van der Waals surface area contributed by atoms with Crippen molar-refractivity contribution in [2.45, 2.75) is 16.8 Å². The third kappa shape index (κ3) is 3.50. The molecular weight excluding hydrogens is 410 g/mol. The van der Waals surface area contributed by atoms with Crippen LogP contribution in [0, 0.1) is 6.92 Å². The molecule has 0 aliphatic carbocycles. The number of carbonyl (C=O) groups is 1. The van der Waals surface area contributed by atoms with Gasteiger partial charge in [0, 0.05) is 18.1 Å². The number of benzene rings is 1. The average Bonchev–Trinajstić information content (AvgIpc) is 2.93. The van der Waals surface area contributed by atoms with Crippen LogP contribution in [0.4, 0.5) is 0 Å². The Morgan fingerprint density at radius 3 is 2.57 bits per heavy atom. The molecule has 1 saturated heterocycles. The van der Waals surface area contributed by atoms with Crippen LogP contribution in [0.5, 0.6) is 0 Å². The first-order valence-corrected chi connectivity index (χ1v) is 10.5.